The average molecular weight is 284 g/mol. The normalized spacial score (nSPS) is 16.6. The Morgan fingerprint density at radius 2 is 2.00 bits per heavy atom. The molecule has 0 bridgehead atoms. The number of anilines is 1. The number of furan rings is 1. The van der Waals surface area contributed by atoms with Crippen molar-refractivity contribution >= 4 is 5.69 Å². The zero-order valence-corrected chi connectivity index (χ0v) is 13.0. The van der Waals surface area contributed by atoms with Crippen LogP contribution in [0.5, 0.6) is 0 Å². The van der Waals surface area contributed by atoms with Crippen molar-refractivity contribution in [1.29, 1.82) is 0 Å². The molecule has 0 aliphatic carbocycles. The summed E-state index contributed by atoms with van der Waals surface area (Å²) in [6.07, 6.45) is 4.22. The highest BCUT2D eigenvalue weighted by atomic mass is 16.3. The van der Waals surface area contributed by atoms with Crippen LogP contribution in [0.15, 0.2) is 47.1 Å². The summed E-state index contributed by atoms with van der Waals surface area (Å²) < 4.78 is 5.50. The first kappa shape index (κ1) is 14.2. The Bertz CT molecular complexity index is 556. The second kappa shape index (κ2) is 6.35. The summed E-state index contributed by atoms with van der Waals surface area (Å²) in [4.78, 5) is 4.96. The zero-order chi connectivity index (χ0) is 14.7. The lowest BCUT2D eigenvalue weighted by atomic mass is 10.0. The third kappa shape index (κ3) is 3.13. The molecule has 3 nitrogen and oxygen atoms in total. The van der Waals surface area contributed by atoms with E-state index in [1.165, 1.54) is 18.5 Å². The van der Waals surface area contributed by atoms with Crippen molar-refractivity contribution in [2.45, 2.75) is 25.8 Å². The third-order valence-corrected chi connectivity index (χ3v) is 4.60. The second-order valence-corrected chi connectivity index (χ2v) is 5.82. The largest absolute Gasteiger partial charge is 0.464 e. The van der Waals surface area contributed by atoms with Crippen LogP contribution in [0.1, 0.15) is 19.8 Å². The van der Waals surface area contributed by atoms with Gasteiger partial charge in [-0.25, -0.2) is 0 Å². The van der Waals surface area contributed by atoms with Crippen LogP contribution >= 0.6 is 0 Å². The Balaban J connectivity index is 1.70. The summed E-state index contributed by atoms with van der Waals surface area (Å²) in [5.74, 6) is 0.942. The fraction of sp³-hybridized carbons (Fsp3) is 0.444. The lowest BCUT2D eigenvalue weighted by Gasteiger charge is -2.37. The fourth-order valence-corrected chi connectivity index (χ4v) is 3.12. The highest BCUT2D eigenvalue weighted by molar-refractivity contribution is 5.64. The molecule has 1 aliphatic rings. The number of hydrogen-bond donors (Lipinski definition) is 0. The van der Waals surface area contributed by atoms with Gasteiger partial charge in [0.15, 0.2) is 0 Å². The van der Waals surface area contributed by atoms with Crippen LogP contribution in [0.25, 0.3) is 11.3 Å². The van der Waals surface area contributed by atoms with E-state index in [9.17, 15) is 0 Å². The van der Waals surface area contributed by atoms with Crippen LogP contribution in [0.2, 0.25) is 0 Å². The Labute approximate surface area is 127 Å². The smallest absolute Gasteiger partial charge is 0.133 e. The molecule has 1 aromatic carbocycles. The van der Waals surface area contributed by atoms with Gasteiger partial charge >= 0.3 is 0 Å². The topological polar surface area (TPSA) is 19.6 Å². The first-order chi connectivity index (χ1) is 10.3. The molecule has 0 spiro atoms. The van der Waals surface area contributed by atoms with Gasteiger partial charge < -0.3 is 14.2 Å². The van der Waals surface area contributed by atoms with Crippen LogP contribution < -0.4 is 4.90 Å². The number of piperidine rings is 1. The minimum absolute atomic E-state index is 0.736. The van der Waals surface area contributed by atoms with Crippen LogP contribution in [0.4, 0.5) is 5.69 Å². The van der Waals surface area contributed by atoms with Crippen molar-refractivity contribution in [1.82, 2.24) is 4.90 Å². The first-order valence-electron chi connectivity index (χ1n) is 7.87. The Kier molecular flexibility index (Phi) is 4.30. The molecule has 0 unspecified atom stereocenters. The summed E-state index contributed by atoms with van der Waals surface area (Å²) in [5, 5.41) is 0. The zero-order valence-electron chi connectivity index (χ0n) is 13.0. The molecule has 0 N–H and O–H groups in total. The maximum Gasteiger partial charge on any atom is 0.133 e. The molecule has 112 valence electrons. The van der Waals surface area contributed by atoms with E-state index < -0.39 is 0 Å². The van der Waals surface area contributed by atoms with Crippen molar-refractivity contribution in [3.63, 3.8) is 0 Å². The summed E-state index contributed by atoms with van der Waals surface area (Å²) in [7, 11) is 2.23. The molecule has 21 heavy (non-hydrogen) atoms. The van der Waals surface area contributed by atoms with Crippen LogP contribution in [-0.2, 0) is 0 Å². The van der Waals surface area contributed by atoms with E-state index in [1.807, 2.05) is 12.1 Å². The standard InChI is InChI=1S/C18H24N2O/c1-3-19(2)16-9-11-20(12-10-16)17-7-4-6-15(14-17)18-8-5-13-21-18/h4-8,13-14,16H,3,9-12H2,1-2H3. The highest BCUT2D eigenvalue weighted by Gasteiger charge is 2.21. The molecule has 2 aromatic rings. The molecule has 2 heterocycles. The SMILES string of the molecule is CCN(C)C1CCN(c2cccc(-c3ccco3)c2)CC1. The summed E-state index contributed by atoms with van der Waals surface area (Å²) in [5.41, 5.74) is 2.46. The third-order valence-electron chi connectivity index (χ3n) is 4.60. The molecule has 1 saturated heterocycles. The second-order valence-electron chi connectivity index (χ2n) is 5.82. The Hall–Kier alpha value is -1.74. The summed E-state index contributed by atoms with van der Waals surface area (Å²) in [6.45, 7) is 5.64. The van der Waals surface area contributed by atoms with E-state index in [-0.39, 0.29) is 0 Å². The van der Waals surface area contributed by atoms with Gasteiger partial charge in [-0.15, -0.1) is 0 Å². The van der Waals surface area contributed by atoms with Gasteiger partial charge in [-0.1, -0.05) is 19.1 Å². The van der Waals surface area contributed by atoms with E-state index in [4.69, 9.17) is 4.42 Å². The molecular formula is C18H24N2O. The van der Waals surface area contributed by atoms with Gasteiger partial charge in [0, 0.05) is 30.4 Å². The monoisotopic (exact) mass is 284 g/mol. The van der Waals surface area contributed by atoms with Crippen LogP contribution in [0.3, 0.4) is 0 Å². The first-order valence-corrected chi connectivity index (χ1v) is 7.87. The summed E-state index contributed by atoms with van der Waals surface area (Å²) >= 11 is 0. The predicted molar refractivity (Wildman–Crippen MR) is 87.7 cm³/mol. The molecule has 3 rings (SSSR count). The minimum atomic E-state index is 0.736. The maximum atomic E-state index is 5.50. The Morgan fingerprint density at radius 3 is 2.67 bits per heavy atom. The lowest BCUT2D eigenvalue weighted by Crippen LogP contribution is -2.43. The molecule has 0 atom stereocenters. The van der Waals surface area contributed by atoms with Crippen LogP contribution in [-0.4, -0.2) is 37.6 Å². The predicted octanol–water partition coefficient (Wildman–Crippen LogP) is 3.87. The lowest BCUT2D eigenvalue weighted by molar-refractivity contribution is 0.218. The number of nitrogens with zero attached hydrogens (tertiary/aromatic N) is 2. The minimum Gasteiger partial charge on any atom is -0.464 e. The van der Waals surface area contributed by atoms with Gasteiger partial charge in [-0.3, -0.25) is 0 Å². The van der Waals surface area contributed by atoms with E-state index >= 15 is 0 Å². The van der Waals surface area contributed by atoms with E-state index in [2.05, 4.69) is 48.0 Å². The van der Waals surface area contributed by atoms with Crippen molar-refractivity contribution in [2.75, 3.05) is 31.6 Å². The quantitative estimate of drug-likeness (QED) is 0.850. The van der Waals surface area contributed by atoms with Crippen molar-refractivity contribution < 1.29 is 4.42 Å². The molecule has 0 saturated carbocycles. The van der Waals surface area contributed by atoms with Gasteiger partial charge in [-0.05, 0) is 50.7 Å². The highest BCUT2D eigenvalue weighted by Crippen LogP contribution is 2.27. The van der Waals surface area contributed by atoms with Crippen molar-refractivity contribution in [2.24, 2.45) is 0 Å². The van der Waals surface area contributed by atoms with E-state index in [1.54, 1.807) is 6.26 Å². The van der Waals surface area contributed by atoms with Crippen LogP contribution in [0, 0.1) is 0 Å². The van der Waals surface area contributed by atoms with Gasteiger partial charge in [0.25, 0.3) is 0 Å². The fourth-order valence-electron chi connectivity index (χ4n) is 3.12. The van der Waals surface area contributed by atoms with E-state index in [0.29, 0.717) is 0 Å². The van der Waals surface area contributed by atoms with Gasteiger partial charge in [0.05, 0.1) is 6.26 Å². The van der Waals surface area contributed by atoms with E-state index in [0.717, 1.165) is 37.0 Å². The molecule has 0 amide bonds. The maximum absolute atomic E-state index is 5.50. The molecule has 3 heteroatoms. The Morgan fingerprint density at radius 1 is 1.19 bits per heavy atom. The molecule has 1 fully saturated rings. The number of hydrogen-bond acceptors (Lipinski definition) is 3. The van der Waals surface area contributed by atoms with Gasteiger partial charge in [-0.2, -0.15) is 0 Å². The van der Waals surface area contributed by atoms with Gasteiger partial charge in [0.1, 0.15) is 5.76 Å². The molecular weight excluding hydrogens is 260 g/mol. The van der Waals surface area contributed by atoms with Crippen molar-refractivity contribution in [3.05, 3.63) is 42.7 Å². The molecule has 1 aromatic heterocycles. The van der Waals surface area contributed by atoms with Crippen molar-refractivity contribution in [3.8, 4) is 11.3 Å². The average Bonchev–Trinajstić information content (AvgIpc) is 3.09. The number of benzene rings is 1. The van der Waals surface area contributed by atoms with Gasteiger partial charge in [0.2, 0.25) is 0 Å². The molecule has 1 aliphatic heterocycles. The number of rotatable bonds is 4. The summed E-state index contributed by atoms with van der Waals surface area (Å²) in [6, 6.07) is 13.4. The molecule has 0 radical (unpaired) electrons.